The van der Waals surface area contributed by atoms with E-state index in [4.69, 9.17) is 10.2 Å². The number of benzene rings is 1. The molecule has 18 heavy (non-hydrogen) atoms. The van der Waals surface area contributed by atoms with Crippen LogP contribution in [-0.4, -0.2) is 35.7 Å². The van der Waals surface area contributed by atoms with Crippen molar-refractivity contribution >= 4 is 18.0 Å². The maximum absolute atomic E-state index is 11.0. The average Bonchev–Trinajstić information content (AvgIpc) is 2.34. The Labute approximate surface area is 105 Å². The summed E-state index contributed by atoms with van der Waals surface area (Å²) in [4.78, 5) is 21.8. The minimum Gasteiger partial charge on any atom is -0.478 e. The molecule has 0 unspecified atom stereocenters. The molecule has 0 heterocycles. The molecule has 0 aromatic heterocycles. The number of carboxylic acids is 2. The van der Waals surface area contributed by atoms with E-state index in [2.05, 4.69) is 5.32 Å². The second kappa shape index (κ2) is 6.56. The van der Waals surface area contributed by atoms with Crippen molar-refractivity contribution in [3.8, 4) is 0 Å². The standard InChI is InChI=1S/C13H15NO4/c1-14-7-3-2-4-9-8-10(12(15)16)5-6-11(9)13(17)18/h2,4-6,8,14H,3,7H2,1H3,(H,15,16)(H,17,18). The van der Waals surface area contributed by atoms with Gasteiger partial charge >= 0.3 is 11.9 Å². The maximum atomic E-state index is 11.0. The van der Waals surface area contributed by atoms with Gasteiger partial charge in [0.2, 0.25) is 0 Å². The molecule has 5 nitrogen and oxygen atoms in total. The van der Waals surface area contributed by atoms with E-state index in [9.17, 15) is 9.59 Å². The topological polar surface area (TPSA) is 86.6 Å². The van der Waals surface area contributed by atoms with Gasteiger partial charge in [0, 0.05) is 0 Å². The lowest BCUT2D eigenvalue weighted by Crippen LogP contribution is -2.06. The van der Waals surface area contributed by atoms with Crippen molar-refractivity contribution in [3.05, 3.63) is 41.0 Å². The summed E-state index contributed by atoms with van der Waals surface area (Å²) in [6.45, 7) is 0.775. The van der Waals surface area contributed by atoms with E-state index in [1.807, 2.05) is 13.1 Å². The molecule has 96 valence electrons. The van der Waals surface area contributed by atoms with Crippen LogP contribution in [0.5, 0.6) is 0 Å². The van der Waals surface area contributed by atoms with E-state index < -0.39 is 11.9 Å². The van der Waals surface area contributed by atoms with Crippen LogP contribution in [0.2, 0.25) is 0 Å². The molecule has 0 atom stereocenters. The smallest absolute Gasteiger partial charge is 0.336 e. The van der Waals surface area contributed by atoms with Gasteiger partial charge in [-0.3, -0.25) is 0 Å². The number of nitrogens with one attached hydrogen (secondary N) is 1. The molecule has 0 saturated heterocycles. The highest BCUT2D eigenvalue weighted by Gasteiger charge is 2.11. The van der Waals surface area contributed by atoms with Gasteiger partial charge in [-0.2, -0.15) is 0 Å². The summed E-state index contributed by atoms with van der Waals surface area (Å²) in [6, 6.07) is 3.96. The van der Waals surface area contributed by atoms with E-state index in [1.54, 1.807) is 6.08 Å². The van der Waals surface area contributed by atoms with Crippen LogP contribution in [0.15, 0.2) is 24.3 Å². The van der Waals surface area contributed by atoms with Crippen LogP contribution in [0, 0.1) is 0 Å². The fourth-order valence-corrected chi connectivity index (χ4v) is 1.47. The van der Waals surface area contributed by atoms with E-state index in [-0.39, 0.29) is 11.1 Å². The third-order valence-electron chi connectivity index (χ3n) is 2.39. The van der Waals surface area contributed by atoms with Crippen molar-refractivity contribution in [2.75, 3.05) is 13.6 Å². The second-order valence-electron chi connectivity index (χ2n) is 3.71. The van der Waals surface area contributed by atoms with Crippen LogP contribution >= 0.6 is 0 Å². The molecule has 1 rings (SSSR count). The lowest BCUT2D eigenvalue weighted by molar-refractivity contribution is 0.0681. The highest BCUT2D eigenvalue weighted by molar-refractivity contribution is 5.95. The van der Waals surface area contributed by atoms with Gasteiger partial charge in [0.05, 0.1) is 11.1 Å². The Morgan fingerprint density at radius 1 is 1.28 bits per heavy atom. The fourth-order valence-electron chi connectivity index (χ4n) is 1.47. The largest absolute Gasteiger partial charge is 0.478 e. The van der Waals surface area contributed by atoms with Crippen molar-refractivity contribution in [3.63, 3.8) is 0 Å². The van der Waals surface area contributed by atoms with Gasteiger partial charge in [-0.25, -0.2) is 9.59 Å². The normalized spacial score (nSPS) is 10.7. The summed E-state index contributed by atoms with van der Waals surface area (Å²) in [7, 11) is 1.82. The first-order valence-electron chi connectivity index (χ1n) is 5.48. The zero-order valence-electron chi connectivity index (χ0n) is 10.0. The van der Waals surface area contributed by atoms with Gasteiger partial charge < -0.3 is 15.5 Å². The second-order valence-corrected chi connectivity index (χ2v) is 3.71. The Bertz CT molecular complexity index is 480. The predicted molar refractivity (Wildman–Crippen MR) is 67.9 cm³/mol. The Morgan fingerprint density at radius 3 is 2.56 bits per heavy atom. The molecule has 1 aromatic rings. The van der Waals surface area contributed by atoms with E-state index in [1.165, 1.54) is 18.2 Å². The summed E-state index contributed by atoms with van der Waals surface area (Å²) in [6.07, 6.45) is 4.18. The van der Waals surface area contributed by atoms with Crippen LogP contribution in [0.4, 0.5) is 0 Å². The van der Waals surface area contributed by atoms with Crippen molar-refractivity contribution < 1.29 is 19.8 Å². The molecule has 1 aromatic carbocycles. The Balaban J connectivity index is 3.03. The first-order valence-corrected chi connectivity index (χ1v) is 5.48. The maximum Gasteiger partial charge on any atom is 0.336 e. The lowest BCUT2D eigenvalue weighted by atomic mass is 10.0. The SMILES string of the molecule is CNCCC=Cc1cc(C(=O)O)ccc1C(=O)O. The van der Waals surface area contributed by atoms with Crippen molar-refractivity contribution in [1.29, 1.82) is 0 Å². The Hall–Kier alpha value is -2.14. The summed E-state index contributed by atoms with van der Waals surface area (Å²) >= 11 is 0. The molecule has 0 radical (unpaired) electrons. The lowest BCUT2D eigenvalue weighted by Gasteiger charge is -2.03. The van der Waals surface area contributed by atoms with Crippen molar-refractivity contribution in [1.82, 2.24) is 5.32 Å². The zero-order chi connectivity index (χ0) is 13.5. The summed E-state index contributed by atoms with van der Waals surface area (Å²) in [5, 5.41) is 20.8. The monoisotopic (exact) mass is 249 g/mol. The van der Waals surface area contributed by atoms with Gasteiger partial charge in [0.1, 0.15) is 0 Å². The Kier molecular flexibility index (Phi) is 5.07. The highest BCUT2D eigenvalue weighted by Crippen LogP contribution is 2.14. The molecular weight excluding hydrogens is 234 g/mol. The van der Waals surface area contributed by atoms with Crippen molar-refractivity contribution in [2.24, 2.45) is 0 Å². The summed E-state index contributed by atoms with van der Waals surface area (Å²) in [5.41, 5.74) is 0.576. The number of carboxylic acid groups (broad SMARTS) is 2. The van der Waals surface area contributed by atoms with Gasteiger partial charge in [-0.15, -0.1) is 0 Å². The van der Waals surface area contributed by atoms with E-state index in [0.29, 0.717) is 5.56 Å². The van der Waals surface area contributed by atoms with Crippen LogP contribution in [0.3, 0.4) is 0 Å². The third-order valence-corrected chi connectivity index (χ3v) is 2.39. The van der Waals surface area contributed by atoms with E-state index in [0.717, 1.165) is 13.0 Å². The minimum atomic E-state index is -1.07. The van der Waals surface area contributed by atoms with Gasteiger partial charge in [0.15, 0.2) is 0 Å². The predicted octanol–water partition coefficient (Wildman–Crippen LogP) is 1.71. The van der Waals surface area contributed by atoms with Crippen molar-refractivity contribution in [2.45, 2.75) is 6.42 Å². The molecule has 3 N–H and O–H groups in total. The number of aromatic carboxylic acids is 2. The number of rotatable bonds is 6. The molecule has 0 amide bonds. The molecule has 0 aliphatic carbocycles. The molecule has 0 aliphatic rings. The first kappa shape index (κ1) is 13.9. The summed E-state index contributed by atoms with van der Waals surface area (Å²) in [5.74, 6) is -2.14. The fraction of sp³-hybridized carbons (Fsp3) is 0.231. The molecule has 0 saturated carbocycles. The highest BCUT2D eigenvalue weighted by atomic mass is 16.4. The van der Waals surface area contributed by atoms with E-state index >= 15 is 0 Å². The average molecular weight is 249 g/mol. The van der Waals surface area contributed by atoms with Crippen LogP contribution in [-0.2, 0) is 0 Å². The van der Waals surface area contributed by atoms with Gasteiger partial charge in [-0.1, -0.05) is 12.2 Å². The summed E-state index contributed by atoms with van der Waals surface area (Å²) < 4.78 is 0. The molecular formula is C13H15NO4. The molecule has 0 aliphatic heterocycles. The quantitative estimate of drug-likeness (QED) is 0.668. The van der Waals surface area contributed by atoms with Gasteiger partial charge in [0.25, 0.3) is 0 Å². The molecule has 5 heteroatoms. The number of hydrogen-bond acceptors (Lipinski definition) is 3. The Morgan fingerprint density at radius 2 is 2.00 bits per heavy atom. The molecule has 0 fully saturated rings. The van der Waals surface area contributed by atoms with Crippen LogP contribution in [0.25, 0.3) is 6.08 Å². The molecule has 0 spiro atoms. The number of hydrogen-bond donors (Lipinski definition) is 3. The van der Waals surface area contributed by atoms with Crippen LogP contribution < -0.4 is 5.32 Å². The number of carbonyl (C=O) groups is 2. The van der Waals surface area contributed by atoms with Crippen LogP contribution in [0.1, 0.15) is 32.7 Å². The van der Waals surface area contributed by atoms with Gasteiger partial charge in [-0.05, 0) is 43.8 Å². The molecule has 0 bridgehead atoms. The third kappa shape index (κ3) is 3.71. The minimum absolute atomic E-state index is 0.0771. The first-order chi connectivity index (χ1) is 8.56. The zero-order valence-corrected chi connectivity index (χ0v) is 10.0.